The third kappa shape index (κ3) is 5.39. The number of anilines is 3. The number of para-hydroxylation sites is 1. The van der Waals surface area contributed by atoms with Gasteiger partial charge >= 0.3 is 0 Å². The van der Waals surface area contributed by atoms with Gasteiger partial charge in [-0.2, -0.15) is 5.10 Å². The molecular formula is C24H31F2N7S. The maximum atomic E-state index is 15.3. The van der Waals surface area contributed by atoms with Crippen molar-refractivity contribution in [3.05, 3.63) is 53.6 Å². The fourth-order valence-electron chi connectivity index (χ4n) is 4.63. The molecule has 0 radical (unpaired) electrons. The van der Waals surface area contributed by atoms with E-state index in [1.165, 1.54) is 12.1 Å². The Hall–Kier alpha value is -2.98. The molecule has 0 amide bonds. The number of benzene rings is 2. The Balaban J connectivity index is 1.57. The number of piperazine rings is 1. The van der Waals surface area contributed by atoms with Crippen LogP contribution < -0.4 is 25.9 Å². The van der Waals surface area contributed by atoms with Crippen molar-refractivity contribution in [1.29, 1.82) is 0 Å². The lowest BCUT2D eigenvalue weighted by molar-refractivity contribution is 0.315. The van der Waals surface area contributed by atoms with Crippen molar-refractivity contribution in [2.75, 3.05) is 68.1 Å². The summed E-state index contributed by atoms with van der Waals surface area (Å²) in [5.41, 5.74) is 10.7. The summed E-state index contributed by atoms with van der Waals surface area (Å²) in [6.45, 7) is 4.15. The first kappa shape index (κ1) is 24.2. The number of nitrogens with two attached hydrogens (primary N) is 1. The van der Waals surface area contributed by atoms with E-state index in [-0.39, 0.29) is 16.7 Å². The van der Waals surface area contributed by atoms with E-state index in [2.05, 4.69) is 34.4 Å². The maximum absolute atomic E-state index is 15.3. The molecule has 0 bridgehead atoms. The highest BCUT2D eigenvalue weighted by molar-refractivity contribution is 7.80. The summed E-state index contributed by atoms with van der Waals surface area (Å²) in [6.07, 6.45) is 2.59. The summed E-state index contributed by atoms with van der Waals surface area (Å²) in [5, 5.41) is 4.11. The molecule has 2 aromatic carbocycles. The molecule has 2 saturated heterocycles. The van der Waals surface area contributed by atoms with Crippen molar-refractivity contribution in [3.8, 4) is 0 Å². The smallest absolute Gasteiger partial charge is 0.184 e. The molecule has 34 heavy (non-hydrogen) atoms. The molecule has 2 aliphatic rings. The molecule has 182 valence electrons. The predicted octanol–water partition coefficient (Wildman–Crippen LogP) is 2.60. The molecule has 1 atom stereocenters. The average molecular weight is 488 g/mol. The van der Waals surface area contributed by atoms with Gasteiger partial charge < -0.3 is 25.3 Å². The highest BCUT2D eigenvalue weighted by Crippen LogP contribution is 2.33. The molecule has 2 fully saturated rings. The third-order valence-corrected chi connectivity index (χ3v) is 6.61. The highest BCUT2D eigenvalue weighted by atomic mass is 32.1. The number of nitrogens with one attached hydrogen (secondary N) is 1. The van der Waals surface area contributed by atoms with Crippen LogP contribution in [0.4, 0.5) is 25.8 Å². The Kier molecular flexibility index (Phi) is 7.47. The van der Waals surface area contributed by atoms with E-state index in [1.807, 2.05) is 21.9 Å². The lowest BCUT2D eigenvalue weighted by Crippen LogP contribution is -2.47. The highest BCUT2D eigenvalue weighted by Gasteiger charge is 2.28. The molecule has 0 aromatic heterocycles. The second-order valence-electron chi connectivity index (χ2n) is 8.87. The summed E-state index contributed by atoms with van der Waals surface area (Å²) < 4.78 is 29.5. The van der Waals surface area contributed by atoms with Crippen LogP contribution in [0.1, 0.15) is 12.0 Å². The normalized spacial score (nSPS) is 18.9. The lowest BCUT2D eigenvalue weighted by atomic mass is 10.1. The fourth-order valence-corrected chi connectivity index (χ4v) is 4.68. The van der Waals surface area contributed by atoms with Gasteiger partial charge in [0.25, 0.3) is 0 Å². The van der Waals surface area contributed by atoms with Crippen LogP contribution in [-0.2, 0) is 0 Å². The SMILES string of the molecule is CN(C)C1CCN(c2cc(N3CCN(c4ccccc4F)CC3)c(F)cc2C=NNC(N)=S)C1. The molecule has 0 spiro atoms. The van der Waals surface area contributed by atoms with Crippen LogP contribution in [0.2, 0.25) is 0 Å². The molecule has 4 rings (SSSR count). The topological polar surface area (TPSA) is 63.4 Å². The summed E-state index contributed by atoms with van der Waals surface area (Å²) in [7, 11) is 4.15. The van der Waals surface area contributed by atoms with Gasteiger partial charge in [-0.15, -0.1) is 0 Å². The molecule has 10 heteroatoms. The van der Waals surface area contributed by atoms with Crippen LogP contribution in [0.15, 0.2) is 41.5 Å². The minimum atomic E-state index is -0.316. The molecular weight excluding hydrogens is 456 g/mol. The van der Waals surface area contributed by atoms with E-state index < -0.39 is 0 Å². The number of nitrogens with zero attached hydrogens (tertiary/aromatic N) is 5. The number of hydrogen-bond donors (Lipinski definition) is 2. The fraction of sp³-hybridized carbons (Fsp3) is 0.417. The Morgan fingerprint density at radius 3 is 2.29 bits per heavy atom. The van der Waals surface area contributed by atoms with E-state index >= 15 is 4.39 Å². The van der Waals surface area contributed by atoms with Crippen molar-refractivity contribution in [1.82, 2.24) is 10.3 Å². The van der Waals surface area contributed by atoms with Crippen molar-refractivity contribution in [2.45, 2.75) is 12.5 Å². The molecule has 1 unspecified atom stereocenters. The van der Waals surface area contributed by atoms with Gasteiger partial charge in [-0.05, 0) is 57.0 Å². The number of hydrogen-bond acceptors (Lipinski definition) is 6. The molecule has 2 aliphatic heterocycles. The Bertz CT molecular complexity index is 1050. The van der Waals surface area contributed by atoms with Crippen LogP contribution in [-0.4, -0.2) is 75.6 Å². The standard InChI is InChI=1S/C24H31F2N7S/c1-30(2)18-7-8-33(16-18)22-14-23(20(26)13-17(22)15-28-29-24(27)34)32-11-9-31(10-12-32)21-6-4-3-5-19(21)25/h3-6,13-15,18H,7-12,16H2,1-2H3,(H3,27,29,34). The molecule has 2 aromatic rings. The Morgan fingerprint density at radius 1 is 1.00 bits per heavy atom. The van der Waals surface area contributed by atoms with E-state index in [9.17, 15) is 4.39 Å². The summed E-state index contributed by atoms with van der Waals surface area (Å²) in [6, 6.07) is 10.6. The minimum Gasteiger partial charge on any atom is -0.375 e. The minimum absolute atomic E-state index is 0.0523. The van der Waals surface area contributed by atoms with Crippen LogP contribution >= 0.6 is 12.2 Å². The lowest BCUT2D eigenvalue weighted by Gasteiger charge is -2.38. The number of halogens is 2. The van der Waals surface area contributed by atoms with Gasteiger partial charge in [-0.3, -0.25) is 5.43 Å². The first-order valence-electron chi connectivity index (χ1n) is 11.4. The van der Waals surface area contributed by atoms with Crippen LogP contribution in [0.3, 0.4) is 0 Å². The van der Waals surface area contributed by atoms with E-state index in [0.29, 0.717) is 49.2 Å². The predicted molar refractivity (Wildman–Crippen MR) is 139 cm³/mol. The first-order valence-corrected chi connectivity index (χ1v) is 11.8. The van der Waals surface area contributed by atoms with E-state index in [1.54, 1.807) is 18.3 Å². The summed E-state index contributed by atoms with van der Waals surface area (Å²) >= 11 is 4.81. The van der Waals surface area contributed by atoms with Gasteiger partial charge in [0.2, 0.25) is 0 Å². The van der Waals surface area contributed by atoms with Gasteiger partial charge in [0.05, 0.1) is 17.6 Å². The zero-order valence-electron chi connectivity index (χ0n) is 19.5. The van der Waals surface area contributed by atoms with Gasteiger partial charge in [0, 0.05) is 56.6 Å². The third-order valence-electron chi connectivity index (χ3n) is 6.52. The zero-order chi connectivity index (χ0) is 24.2. The number of likely N-dealkylation sites (N-methyl/N-ethyl adjacent to an activating group) is 1. The number of hydrazone groups is 1. The molecule has 3 N–H and O–H groups in total. The molecule has 2 heterocycles. The number of thiocarbonyl (C=S) groups is 1. The first-order chi connectivity index (χ1) is 16.3. The van der Waals surface area contributed by atoms with Crippen molar-refractivity contribution in [2.24, 2.45) is 10.8 Å². The summed E-state index contributed by atoms with van der Waals surface area (Å²) in [5.74, 6) is -0.550. The molecule has 7 nitrogen and oxygen atoms in total. The van der Waals surface area contributed by atoms with E-state index in [4.69, 9.17) is 18.0 Å². The van der Waals surface area contributed by atoms with Gasteiger partial charge in [-0.1, -0.05) is 12.1 Å². The van der Waals surface area contributed by atoms with Crippen LogP contribution in [0.25, 0.3) is 0 Å². The summed E-state index contributed by atoms with van der Waals surface area (Å²) in [4.78, 5) is 8.53. The van der Waals surface area contributed by atoms with Crippen molar-refractivity contribution >= 4 is 40.6 Å². The van der Waals surface area contributed by atoms with Crippen LogP contribution in [0.5, 0.6) is 0 Å². The average Bonchev–Trinajstić information content (AvgIpc) is 3.30. The van der Waals surface area contributed by atoms with Gasteiger partial charge in [0.1, 0.15) is 11.6 Å². The molecule has 0 saturated carbocycles. The van der Waals surface area contributed by atoms with Crippen molar-refractivity contribution in [3.63, 3.8) is 0 Å². The monoisotopic (exact) mass is 487 g/mol. The van der Waals surface area contributed by atoms with Crippen LogP contribution in [0, 0.1) is 11.6 Å². The largest absolute Gasteiger partial charge is 0.375 e. The number of rotatable bonds is 6. The second-order valence-corrected chi connectivity index (χ2v) is 9.31. The Labute approximate surface area is 204 Å². The van der Waals surface area contributed by atoms with E-state index in [0.717, 1.165) is 25.2 Å². The quantitative estimate of drug-likeness (QED) is 0.369. The van der Waals surface area contributed by atoms with Gasteiger partial charge in [0.15, 0.2) is 5.11 Å². The Morgan fingerprint density at radius 2 is 1.68 bits per heavy atom. The second kappa shape index (κ2) is 10.5. The zero-order valence-corrected chi connectivity index (χ0v) is 20.4. The van der Waals surface area contributed by atoms with Gasteiger partial charge in [-0.25, -0.2) is 8.78 Å². The van der Waals surface area contributed by atoms with Crippen molar-refractivity contribution < 1.29 is 8.78 Å². The maximum Gasteiger partial charge on any atom is 0.184 e. The molecule has 0 aliphatic carbocycles.